The summed E-state index contributed by atoms with van der Waals surface area (Å²) in [6, 6.07) is 0. The van der Waals surface area contributed by atoms with Crippen LogP contribution in [0.15, 0.2) is 0 Å². The molecule has 1 unspecified atom stereocenters. The first-order valence-electron chi connectivity index (χ1n) is 4.05. The van der Waals surface area contributed by atoms with E-state index in [4.69, 9.17) is 10.2 Å². The van der Waals surface area contributed by atoms with E-state index in [1.165, 1.54) is 0 Å². The molecule has 0 rings (SSSR count). The molecule has 0 saturated heterocycles. The second kappa shape index (κ2) is 6.89. The second-order valence-electron chi connectivity index (χ2n) is 2.65. The molecule has 9 heteroatoms. The van der Waals surface area contributed by atoms with Gasteiger partial charge in [0.1, 0.15) is 0 Å². The van der Waals surface area contributed by atoms with Gasteiger partial charge in [-0.25, -0.2) is 14.0 Å². The van der Waals surface area contributed by atoms with Crippen molar-refractivity contribution < 1.29 is 33.0 Å². The van der Waals surface area contributed by atoms with E-state index < -0.39 is 40.2 Å². The summed E-state index contributed by atoms with van der Waals surface area (Å²) in [5.41, 5.74) is 0. The summed E-state index contributed by atoms with van der Waals surface area (Å²) in [5, 5.41) is 9.27. The molecule has 0 radical (unpaired) electrons. The minimum Gasteiger partial charge on any atom is -0.473 e. The smallest absolute Gasteiger partial charge is 0.370 e. The molecule has 16 heavy (non-hydrogen) atoms. The van der Waals surface area contributed by atoms with Crippen molar-refractivity contribution in [1.29, 1.82) is 0 Å². The molecular weight excluding hydrogens is 269 g/mol. The average Bonchev–Trinajstić information content (AvgIpc) is 2.09. The molecule has 1 atom stereocenters. The van der Waals surface area contributed by atoms with Crippen molar-refractivity contribution >= 4 is 34.1 Å². The van der Waals surface area contributed by atoms with Gasteiger partial charge in [-0.15, -0.1) is 0 Å². The van der Waals surface area contributed by atoms with Crippen LogP contribution < -0.4 is 0 Å². The predicted octanol–water partition coefficient (Wildman–Crippen LogP) is 3.52. The van der Waals surface area contributed by atoms with Crippen LogP contribution >= 0.6 is 23.5 Å². The van der Waals surface area contributed by atoms with Gasteiger partial charge in [-0.3, -0.25) is 0 Å². The first-order chi connectivity index (χ1) is 7.25. The lowest BCUT2D eigenvalue weighted by Gasteiger charge is -2.17. The summed E-state index contributed by atoms with van der Waals surface area (Å²) < 4.78 is 38.4. The number of rotatable bonds is 6. The Balaban J connectivity index is 3.90. The number of halogens is 3. The Morgan fingerprint density at radius 1 is 1.25 bits per heavy atom. The highest BCUT2D eigenvalue weighted by atomic mass is 32.2. The first kappa shape index (κ1) is 15.4. The number of carbonyl (C=O) groups is 2. The maximum Gasteiger partial charge on any atom is 0.370 e. The standard InChI is InChI=1S/C7H9F3O4S2/c8-4(2-1-3-15-5(11)12)7(9,10)16-6(13)14/h4H,1-3H2,(H,11,12)(H,13,14). The van der Waals surface area contributed by atoms with Gasteiger partial charge >= 0.3 is 15.9 Å². The van der Waals surface area contributed by atoms with Crippen molar-refractivity contribution in [2.24, 2.45) is 0 Å². The molecule has 0 heterocycles. The van der Waals surface area contributed by atoms with Gasteiger partial charge < -0.3 is 10.2 Å². The van der Waals surface area contributed by atoms with E-state index in [1.54, 1.807) is 0 Å². The van der Waals surface area contributed by atoms with Crippen LogP contribution in [0, 0.1) is 0 Å². The Morgan fingerprint density at radius 2 is 1.81 bits per heavy atom. The highest BCUT2D eigenvalue weighted by Crippen LogP contribution is 2.36. The zero-order valence-corrected chi connectivity index (χ0v) is 9.49. The first-order valence-corrected chi connectivity index (χ1v) is 5.85. The SMILES string of the molecule is O=C(O)SCCCC(F)C(F)(F)SC(=O)O. The van der Waals surface area contributed by atoms with Crippen molar-refractivity contribution in [3.05, 3.63) is 0 Å². The molecule has 0 aromatic rings. The zero-order valence-electron chi connectivity index (χ0n) is 7.86. The second-order valence-corrected chi connectivity index (χ2v) is 4.80. The van der Waals surface area contributed by atoms with Gasteiger partial charge in [0.2, 0.25) is 0 Å². The van der Waals surface area contributed by atoms with Crippen molar-refractivity contribution in [2.75, 3.05) is 5.75 Å². The topological polar surface area (TPSA) is 74.6 Å². The minimum absolute atomic E-state index is 0.00354. The summed E-state index contributed by atoms with van der Waals surface area (Å²) >= 11 is -0.306. The van der Waals surface area contributed by atoms with Crippen LogP contribution in [0.4, 0.5) is 22.8 Å². The lowest BCUT2D eigenvalue weighted by molar-refractivity contribution is 0.0109. The summed E-state index contributed by atoms with van der Waals surface area (Å²) in [6.45, 7) is 0. The van der Waals surface area contributed by atoms with Crippen LogP contribution in [0.2, 0.25) is 0 Å². The Bertz CT molecular complexity index is 262. The molecule has 0 spiro atoms. The molecule has 0 aliphatic rings. The fraction of sp³-hybridized carbons (Fsp3) is 0.714. The number of alkyl halides is 3. The van der Waals surface area contributed by atoms with Crippen LogP contribution in [0.25, 0.3) is 0 Å². The Morgan fingerprint density at radius 3 is 2.25 bits per heavy atom. The van der Waals surface area contributed by atoms with Crippen molar-refractivity contribution in [1.82, 2.24) is 0 Å². The molecule has 2 N–H and O–H groups in total. The number of hydrogen-bond donors (Lipinski definition) is 2. The molecule has 0 aromatic heterocycles. The molecule has 0 amide bonds. The lowest BCUT2D eigenvalue weighted by Crippen LogP contribution is -2.27. The van der Waals surface area contributed by atoms with E-state index in [2.05, 4.69) is 0 Å². The minimum atomic E-state index is -3.99. The fourth-order valence-electron chi connectivity index (χ4n) is 0.770. The number of carboxylic acid groups (broad SMARTS) is 2. The number of hydrogen-bond acceptors (Lipinski definition) is 4. The molecule has 0 fully saturated rings. The molecule has 0 aliphatic heterocycles. The van der Waals surface area contributed by atoms with E-state index in [9.17, 15) is 22.8 Å². The van der Waals surface area contributed by atoms with Crippen molar-refractivity contribution in [3.63, 3.8) is 0 Å². The zero-order chi connectivity index (χ0) is 12.8. The van der Waals surface area contributed by atoms with Gasteiger partial charge in [0.15, 0.2) is 6.17 Å². The van der Waals surface area contributed by atoms with Crippen molar-refractivity contribution in [2.45, 2.75) is 24.3 Å². The van der Waals surface area contributed by atoms with Gasteiger partial charge in [-0.05, 0) is 24.6 Å². The quantitative estimate of drug-likeness (QED) is 0.724. The van der Waals surface area contributed by atoms with E-state index in [0.29, 0.717) is 11.8 Å². The van der Waals surface area contributed by atoms with Crippen molar-refractivity contribution in [3.8, 4) is 0 Å². The molecular formula is C7H9F3O4S2. The maximum atomic E-state index is 12.9. The molecule has 0 aliphatic carbocycles. The summed E-state index contributed by atoms with van der Waals surface area (Å²) in [6.07, 6.45) is -3.23. The molecule has 0 saturated carbocycles. The van der Waals surface area contributed by atoms with E-state index in [-0.39, 0.29) is 12.2 Å². The third-order valence-electron chi connectivity index (χ3n) is 1.42. The Kier molecular flexibility index (Phi) is 6.65. The van der Waals surface area contributed by atoms with E-state index in [0.717, 1.165) is 0 Å². The van der Waals surface area contributed by atoms with Gasteiger partial charge in [0, 0.05) is 17.5 Å². The van der Waals surface area contributed by atoms with E-state index in [1.807, 2.05) is 0 Å². The summed E-state index contributed by atoms with van der Waals surface area (Å²) in [4.78, 5) is 20.0. The largest absolute Gasteiger partial charge is 0.473 e. The molecule has 0 bridgehead atoms. The lowest BCUT2D eigenvalue weighted by atomic mass is 10.2. The maximum absolute atomic E-state index is 12.9. The van der Waals surface area contributed by atoms with Crippen LogP contribution in [0.3, 0.4) is 0 Å². The third kappa shape index (κ3) is 6.83. The fourth-order valence-corrected chi connectivity index (χ4v) is 1.73. The highest BCUT2D eigenvalue weighted by Gasteiger charge is 2.43. The normalized spacial score (nSPS) is 13.4. The van der Waals surface area contributed by atoms with Crippen LogP contribution in [-0.4, -0.2) is 38.0 Å². The van der Waals surface area contributed by atoms with Crippen LogP contribution in [-0.2, 0) is 0 Å². The average molecular weight is 278 g/mol. The molecule has 4 nitrogen and oxygen atoms in total. The predicted molar refractivity (Wildman–Crippen MR) is 55.2 cm³/mol. The van der Waals surface area contributed by atoms with Crippen LogP contribution in [0.1, 0.15) is 12.8 Å². The molecule has 94 valence electrons. The molecule has 0 aromatic carbocycles. The monoisotopic (exact) mass is 278 g/mol. The summed E-state index contributed by atoms with van der Waals surface area (Å²) in [7, 11) is 0. The van der Waals surface area contributed by atoms with Gasteiger partial charge in [-0.1, -0.05) is 0 Å². The Hall–Kier alpha value is -0.570. The number of thioether (sulfide) groups is 2. The third-order valence-corrected chi connectivity index (χ3v) is 2.86. The summed E-state index contributed by atoms with van der Waals surface area (Å²) in [5.74, 6) is 0.00354. The Labute approximate surface area is 97.6 Å². The highest BCUT2D eigenvalue weighted by molar-refractivity contribution is 8.14. The van der Waals surface area contributed by atoms with E-state index >= 15 is 0 Å². The van der Waals surface area contributed by atoms with Crippen LogP contribution in [0.5, 0.6) is 0 Å². The van der Waals surface area contributed by atoms with Gasteiger partial charge in [0.05, 0.1) is 0 Å². The van der Waals surface area contributed by atoms with Gasteiger partial charge in [-0.2, -0.15) is 8.78 Å². The van der Waals surface area contributed by atoms with Gasteiger partial charge in [0.25, 0.3) is 0 Å².